The first-order valence-corrected chi connectivity index (χ1v) is 11.2. The zero-order valence-electron chi connectivity index (χ0n) is 18.2. The van der Waals surface area contributed by atoms with Crippen molar-refractivity contribution in [2.75, 3.05) is 24.8 Å². The number of anilines is 1. The standard InChI is InChI=1S/C21H23N5O5S/c1-11-15(12(2)26-20(22-11)24-21(25-26)32-4)10-18(27)31-13(3)19(28)23-14-5-6-16-17(9-14)30-8-7-29-16/h5-6,9,13H,7-8,10H2,1-4H3,(H,23,28). The average molecular weight is 458 g/mol. The molecule has 0 saturated carbocycles. The topological polar surface area (TPSA) is 117 Å². The molecule has 32 heavy (non-hydrogen) atoms. The van der Waals surface area contributed by atoms with E-state index in [2.05, 4.69) is 20.4 Å². The zero-order chi connectivity index (χ0) is 22.8. The van der Waals surface area contributed by atoms with Gasteiger partial charge in [-0.3, -0.25) is 9.59 Å². The summed E-state index contributed by atoms with van der Waals surface area (Å²) in [6.07, 6.45) is 0.867. The third-order valence-electron chi connectivity index (χ3n) is 5.02. The van der Waals surface area contributed by atoms with Gasteiger partial charge in [0.1, 0.15) is 13.2 Å². The number of rotatable bonds is 6. The van der Waals surface area contributed by atoms with Crippen LogP contribution in [-0.4, -0.2) is 57.0 Å². The molecule has 1 aliphatic heterocycles. The average Bonchev–Trinajstić information content (AvgIpc) is 3.19. The number of fused-ring (bicyclic) bond motifs is 2. The third kappa shape index (κ3) is 4.47. The Morgan fingerprint density at radius 2 is 1.97 bits per heavy atom. The van der Waals surface area contributed by atoms with Crippen LogP contribution in [0.4, 0.5) is 5.69 Å². The van der Waals surface area contributed by atoms with E-state index in [4.69, 9.17) is 14.2 Å². The molecule has 11 heteroatoms. The van der Waals surface area contributed by atoms with Crippen molar-refractivity contribution in [2.45, 2.75) is 38.5 Å². The second kappa shape index (κ2) is 9.03. The van der Waals surface area contributed by atoms with Crippen LogP contribution in [0.25, 0.3) is 5.78 Å². The fourth-order valence-corrected chi connectivity index (χ4v) is 3.67. The van der Waals surface area contributed by atoms with E-state index in [1.54, 1.807) is 29.6 Å². The Hall–Kier alpha value is -3.34. The maximum absolute atomic E-state index is 12.6. The van der Waals surface area contributed by atoms with Crippen LogP contribution in [0.5, 0.6) is 11.5 Å². The lowest BCUT2D eigenvalue weighted by atomic mass is 10.1. The number of nitrogens with zero attached hydrogens (tertiary/aromatic N) is 4. The molecule has 0 aliphatic carbocycles. The van der Waals surface area contributed by atoms with Gasteiger partial charge in [-0.25, -0.2) is 9.50 Å². The van der Waals surface area contributed by atoms with Crippen molar-refractivity contribution < 1.29 is 23.8 Å². The smallest absolute Gasteiger partial charge is 0.311 e. The molecule has 4 rings (SSSR count). The van der Waals surface area contributed by atoms with Crippen molar-refractivity contribution in [2.24, 2.45) is 0 Å². The number of carbonyl (C=O) groups is 2. The molecule has 3 aromatic rings. The summed E-state index contributed by atoms with van der Waals surface area (Å²) in [5, 5.41) is 7.71. The summed E-state index contributed by atoms with van der Waals surface area (Å²) in [5.74, 6) is 0.686. The molecule has 0 radical (unpaired) electrons. The SMILES string of the molecule is CSc1nc2nc(C)c(CC(=O)OC(C)C(=O)Nc3ccc4c(c3)OCCO4)c(C)n2n1. The highest BCUT2D eigenvalue weighted by molar-refractivity contribution is 7.98. The Morgan fingerprint density at radius 3 is 2.72 bits per heavy atom. The summed E-state index contributed by atoms with van der Waals surface area (Å²) in [6.45, 7) is 6.12. The van der Waals surface area contributed by atoms with Gasteiger partial charge in [-0.1, -0.05) is 11.8 Å². The molecule has 0 saturated heterocycles. The van der Waals surface area contributed by atoms with Crippen molar-refractivity contribution in [1.82, 2.24) is 19.6 Å². The van der Waals surface area contributed by atoms with E-state index in [1.807, 2.05) is 13.2 Å². The van der Waals surface area contributed by atoms with Crippen molar-refractivity contribution in [3.63, 3.8) is 0 Å². The highest BCUT2D eigenvalue weighted by atomic mass is 32.2. The fraction of sp³-hybridized carbons (Fsp3) is 0.381. The third-order valence-corrected chi connectivity index (χ3v) is 5.56. The molecule has 0 spiro atoms. The summed E-state index contributed by atoms with van der Waals surface area (Å²) in [6, 6.07) is 5.10. The maximum atomic E-state index is 12.6. The number of esters is 1. The van der Waals surface area contributed by atoms with Crippen molar-refractivity contribution >= 4 is 35.1 Å². The number of thioether (sulfide) groups is 1. The highest BCUT2D eigenvalue weighted by Gasteiger charge is 2.22. The minimum atomic E-state index is -0.984. The molecule has 1 aliphatic rings. The molecule has 1 aromatic carbocycles. The summed E-state index contributed by atoms with van der Waals surface area (Å²) in [4.78, 5) is 33.8. The zero-order valence-corrected chi connectivity index (χ0v) is 19.0. The minimum absolute atomic E-state index is 0.0310. The predicted molar refractivity (Wildman–Crippen MR) is 117 cm³/mol. The van der Waals surface area contributed by atoms with Gasteiger partial charge in [0.15, 0.2) is 17.6 Å². The van der Waals surface area contributed by atoms with Gasteiger partial charge < -0.3 is 19.5 Å². The number of nitrogens with one attached hydrogen (secondary N) is 1. The number of ether oxygens (including phenoxy) is 3. The number of hydrogen-bond donors (Lipinski definition) is 1. The number of amides is 1. The van der Waals surface area contributed by atoms with Crippen LogP contribution in [-0.2, 0) is 20.7 Å². The molecular weight excluding hydrogens is 434 g/mol. The van der Waals surface area contributed by atoms with Crippen LogP contribution in [0.2, 0.25) is 0 Å². The van der Waals surface area contributed by atoms with Crippen LogP contribution in [0.1, 0.15) is 23.9 Å². The maximum Gasteiger partial charge on any atom is 0.311 e. The van der Waals surface area contributed by atoms with E-state index < -0.39 is 18.0 Å². The summed E-state index contributed by atoms with van der Waals surface area (Å²) in [5.41, 5.74) is 2.64. The Balaban J connectivity index is 1.41. The first-order chi connectivity index (χ1) is 15.4. The molecule has 168 valence electrons. The molecule has 1 atom stereocenters. The van der Waals surface area contributed by atoms with Crippen molar-refractivity contribution in [3.8, 4) is 11.5 Å². The Labute approximate surface area is 188 Å². The van der Waals surface area contributed by atoms with E-state index in [9.17, 15) is 9.59 Å². The molecule has 2 aromatic heterocycles. The molecule has 1 N–H and O–H groups in total. The van der Waals surface area contributed by atoms with E-state index in [1.165, 1.54) is 18.7 Å². The molecular formula is C21H23N5O5S. The normalized spacial score (nSPS) is 13.6. The Morgan fingerprint density at radius 1 is 1.22 bits per heavy atom. The monoisotopic (exact) mass is 457 g/mol. The molecule has 0 bridgehead atoms. The van der Waals surface area contributed by atoms with Gasteiger partial charge in [0.2, 0.25) is 5.16 Å². The van der Waals surface area contributed by atoms with Gasteiger partial charge in [-0.15, -0.1) is 5.10 Å². The Kier molecular flexibility index (Phi) is 6.17. The first kappa shape index (κ1) is 21.9. The second-order valence-corrected chi connectivity index (χ2v) is 8.00. The van der Waals surface area contributed by atoms with Crippen LogP contribution >= 0.6 is 11.8 Å². The molecule has 3 heterocycles. The van der Waals surface area contributed by atoms with Crippen LogP contribution in [0.3, 0.4) is 0 Å². The number of carbonyl (C=O) groups excluding carboxylic acids is 2. The lowest BCUT2D eigenvalue weighted by Crippen LogP contribution is -2.30. The molecule has 0 fully saturated rings. The highest BCUT2D eigenvalue weighted by Crippen LogP contribution is 2.32. The number of benzene rings is 1. The molecule has 10 nitrogen and oxygen atoms in total. The summed E-state index contributed by atoms with van der Waals surface area (Å²) < 4.78 is 18.0. The van der Waals surface area contributed by atoms with E-state index in [-0.39, 0.29) is 6.42 Å². The van der Waals surface area contributed by atoms with E-state index >= 15 is 0 Å². The van der Waals surface area contributed by atoms with Crippen molar-refractivity contribution in [3.05, 3.63) is 35.2 Å². The van der Waals surface area contributed by atoms with E-state index in [0.717, 1.165) is 5.69 Å². The lowest BCUT2D eigenvalue weighted by Gasteiger charge is -2.19. The van der Waals surface area contributed by atoms with Gasteiger partial charge >= 0.3 is 5.97 Å². The van der Waals surface area contributed by atoms with Gasteiger partial charge in [-0.2, -0.15) is 4.98 Å². The molecule has 1 unspecified atom stereocenters. The predicted octanol–water partition coefficient (Wildman–Crippen LogP) is 2.35. The van der Waals surface area contributed by atoms with Gasteiger partial charge in [0, 0.05) is 28.7 Å². The summed E-state index contributed by atoms with van der Waals surface area (Å²) in [7, 11) is 0. The largest absolute Gasteiger partial charge is 0.486 e. The van der Waals surface area contributed by atoms with Crippen LogP contribution in [0, 0.1) is 13.8 Å². The number of aromatic nitrogens is 4. The second-order valence-electron chi connectivity index (χ2n) is 7.23. The number of hydrogen-bond acceptors (Lipinski definition) is 9. The number of aryl methyl sites for hydroxylation is 2. The van der Waals surface area contributed by atoms with Gasteiger partial charge in [-0.05, 0) is 39.2 Å². The van der Waals surface area contributed by atoms with Gasteiger partial charge in [0.25, 0.3) is 11.7 Å². The quantitative estimate of drug-likeness (QED) is 0.440. The summed E-state index contributed by atoms with van der Waals surface area (Å²) >= 11 is 1.41. The Bertz CT molecular complexity index is 1200. The van der Waals surface area contributed by atoms with Crippen LogP contribution in [0.15, 0.2) is 23.4 Å². The molecule has 1 amide bonds. The van der Waals surface area contributed by atoms with Gasteiger partial charge in [0.05, 0.1) is 6.42 Å². The van der Waals surface area contributed by atoms with E-state index in [0.29, 0.717) is 52.6 Å². The fourth-order valence-electron chi connectivity index (χ4n) is 3.33. The minimum Gasteiger partial charge on any atom is -0.486 e. The lowest BCUT2D eigenvalue weighted by molar-refractivity contribution is -0.152. The van der Waals surface area contributed by atoms with Crippen molar-refractivity contribution in [1.29, 1.82) is 0 Å². The first-order valence-electron chi connectivity index (χ1n) is 10.0. The van der Waals surface area contributed by atoms with Crippen LogP contribution < -0.4 is 14.8 Å².